The SMILES string of the molecule is Cc1cc(OS(=O)(=O)C(F)(F)F)cc(C)n1. The summed E-state index contributed by atoms with van der Waals surface area (Å²) in [4.78, 5) is 3.87. The summed E-state index contributed by atoms with van der Waals surface area (Å²) >= 11 is 0. The third-order valence-electron chi connectivity index (χ3n) is 1.54. The zero-order chi connectivity index (χ0) is 12.6. The molecule has 0 N–H and O–H groups in total. The third kappa shape index (κ3) is 2.84. The highest BCUT2D eigenvalue weighted by Crippen LogP contribution is 2.27. The zero-order valence-electron chi connectivity index (χ0n) is 8.37. The molecule has 0 aromatic carbocycles. The van der Waals surface area contributed by atoms with Gasteiger partial charge in [0.2, 0.25) is 0 Å². The van der Waals surface area contributed by atoms with Crippen LogP contribution in [0.4, 0.5) is 13.2 Å². The van der Waals surface area contributed by atoms with E-state index in [0.717, 1.165) is 12.1 Å². The van der Waals surface area contributed by atoms with Crippen molar-refractivity contribution in [2.75, 3.05) is 0 Å². The van der Waals surface area contributed by atoms with Gasteiger partial charge < -0.3 is 4.18 Å². The summed E-state index contributed by atoms with van der Waals surface area (Å²) in [6.07, 6.45) is 0. The van der Waals surface area contributed by atoms with Crippen LogP contribution in [0.3, 0.4) is 0 Å². The molecular weight excluding hydrogens is 247 g/mol. The van der Waals surface area contributed by atoms with Crippen molar-refractivity contribution in [1.29, 1.82) is 0 Å². The van der Waals surface area contributed by atoms with Gasteiger partial charge in [0.05, 0.1) is 0 Å². The lowest BCUT2D eigenvalue weighted by Crippen LogP contribution is -2.28. The number of halogens is 3. The second-order valence-corrected chi connectivity index (χ2v) is 4.61. The van der Waals surface area contributed by atoms with Crippen LogP contribution in [-0.2, 0) is 10.1 Å². The predicted molar refractivity (Wildman–Crippen MR) is 49.3 cm³/mol. The fourth-order valence-corrected chi connectivity index (χ4v) is 1.46. The van der Waals surface area contributed by atoms with Crippen LogP contribution >= 0.6 is 0 Å². The molecule has 90 valence electrons. The molecule has 1 aromatic rings. The molecule has 0 aliphatic heterocycles. The molecule has 1 aromatic heterocycles. The first-order chi connectivity index (χ1) is 7.12. The van der Waals surface area contributed by atoms with Crippen molar-refractivity contribution in [1.82, 2.24) is 4.98 Å². The van der Waals surface area contributed by atoms with E-state index in [1.54, 1.807) is 0 Å². The largest absolute Gasteiger partial charge is 0.534 e. The minimum atomic E-state index is -5.61. The highest BCUT2D eigenvalue weighted by molar-refractivity contribution is 7.87. The van der Waals surface area contributed by atoms with Gasteiger partial charge in [-0.3, -0.25) is 4.98 Å². The van der Waals surface area contributed by atoms with Crippen LogP contribution < -0.4 is 4.18 Å². The average molecular weight is 255 g/mol. The third-order valence-corrected chi connectivity index (χ3v) is 2.52. The second kappa shape index (κ2) is 3.93. The molecule has 0 amide bonds. The normalized spacial score (nSPS) is 12.6. The van der Waals surface area contributed by atoms with Gasteiger partial charge in [0, 0.05) is 23.5 Å². The first-order valence-electron chi connectivity index (χ1n) is 4.08. The van der Waals surface area contributed by atoms with Crippen molar-refractivity contribution in [2.45, 2.75) is 19.4 Å². The fraction of sp³-hybridized carbons (Fsp3) is 0.375. The lowest BCUT2D eigenvalue weighted by atomic mass is 10.3. The molecule has 4 nitrogen and oxygen atoms in total. The van der Waals surface area contributed by atoms with Crippen molar-refractivity contribution in [3.8, 4) is 5.75 Å². The summed E-state index contributed by atoms with van der Waals surface area (Å²) in [5.74, 6) is -0.401. The molecule has 0 unspecified atom stereocenters. The van der Waals surface area contributed by atoms with Crippen LogP contribution in [0.15, 0.2) is 12.1 Å². The maximum Gasteiger partial charge on any atom is 0.534 e. The van der Waals surface area contributed by atoms with Gasteiger partial charge in [-0.05, 0) is 13.8 Å². The molecule has 1 heterocycles. The van der Waals surface area contributed by atoms with Gasteiger partial charge in [-0.15, -0.1) is 0 Å². The van der Waals surface area contributed by atoms with E-state index in [4.69, 9.17) is 0 Å². The van der Waals surface area contributed by atoms with Crippen LogP contribution in [0.2, 0.25) is 0 Å². The smallest absolute Gasteiger partial charge is 0.376 e. The number of hydrogen-bond donors (Lipinski definition) is 0. The van der Waals surface area contributed by atoms with E-state index in [2.05, 4.69) is 9.17 Å². The van der Waals surface area contributed by atoms with E-state index in [0.29, 0.717) is 11.4 Å². The Morgan fingerprint density at radius 1 is 1.19 bits per heavy atom. The first-order valence-corrected chi connectivity index (χ1v) is 5.49. The number of nitrogens with zero attached hydrogens (tertiary/aromatic N) is 1. The van der Waals surface area contributed by atoms with Gasteiger partial charge in [0.25, 0.3) is 0 Å². The Morgan fingerprint density at radius 3 is 2.00 bits per heavy atom. The van der Waals surface area contributed by atoms with Gasteiger partial charge in [0.1, 0.15) is 5.75 Å². The second-order valence-electron chi connectivity index (χ2n) is 3.07. The van der Waals surface area contributed by atoms with Crippen molar-refractivity contribution < 1.29 is 25.8 Å². The molecule has 0 saturated carbocycles. The molecule has 0 fully saturated rings. The van der Waals surface area contributed by atoms with Crippen molar-refractivity contribution in [3.63, 3.8) is 0 Å². The molecule has 0 saturated heterocycles. The number of hydrogen-bond acceptors (Lipinski definition) is 4. The highest BCUT2D eigenvalue weighted by Gasteiger charge is 2.48. The molecule has 0 aliphatic rings. The molecule has 1 rings (SSSR count). The monoisotopic (exact) mass is 255 g/mol. The Bertz CT molecular complexity index is 475. The van der Waals surface area contributed by atoms with Gasteiger partial charge in [0.15, 0.2) is 0 Å². The van der Waals surface area contributed by atoms with E-state index in [1.807, 2.05) is 0 Å². The molecule has 0 aliphatic carbocycles. The van der Waals surface area contributed by atoms with Crippen molar-refractivity contribution in [3.05, 3.63) is 23.5 Å². The van der Waals surface area contributed by atoms with Gasteiger partial charge >= 0.3 is 15.6 Å². The standard InChI is InChI=1S/C8H8F3NO3S/c1-5-3-7(4-6(2)12-5)15-16(13,14)8(9,10)11/h3-4H,1-2H3. The maximum absolute atomic E-state index is 12.0. The first kappa shape index (κ1) is 12.8. The summed E-state index contributed by atoms with van der Waals surface area (Å²) in [7, 11) is -5.61. The topological polar surface area (TPSA) is 56.3 Å². The summed E-state index contributed by atoms with van der Waals surface area (Å²) in [5, 5.41) is 0. The van der Waals surface area contributed by atoms with E-state index >= 15 is 0 Å². The minimum Gasteiger partial charge on any atom is -0.376 e. The van der Waals surface area contributed by atoms with Crippen LogP contribution in [0.1, 0.15) is 11.4 Å². The molecule has 8 heteroatoms. The Morgan fingerprint density at radius 2 is 1.62 bits per heavy atom. The number of rotatable bonds is 2. The number of aromatic nitrogens is 1. The Kier molecular flexibility index (Phi) is 3.13. The highest BCUT2D eigenvalue weighted by atomic mass is 32.2. The summed E-state index contributed by atoms with van der Waals surface area (Å²) in [6.45, 7) is 3.03. The lowest BCUT2D eigenvalue weighted by Gasteiger charge is -2.10. The maximum atomic E-state index is 12.0. The van der Waals surface area contributed by atoms with Crippen LogP contribution in [0.25, 0.3) is 0 Å². The minimum absolute atomic E-state index is 0.368. The molecule has 0 atom stereocenters. The number of pyridine rings is 1. The summed E-state index contributed by atoms with van der Waals surface area (Å²) in [5.41, 5.74) is -4.70. The van der Waals surface area contributed by atoms with Crippen LogP contribution in [0.5, 0.6) is 5.75 Å². The molecule has 0 spiro atoms. The van der Waals surface area contributed by atoms with Gasteiger partial charge in [-0.1, -0.05) is 0 Å². The van der Waals surface area contributed by atoms with Crippen LogP contribution in [0, 0.1) is 13.8 Å². The fourth-order valence-electron chi connectivity index (χ4n) is 1.02. The Labute approximate surface area is 90.2 Å². The van der Waals surface area contributed by atoms with Crippen molar-refractivity contribution >= 4 is 10.1 Å². The summed E-state index contributed by atoms with van der Waals surface area (Å²) in [6, 6.07) is 2.21. The average Bonchev–Trinajstić information content (AvgIpc) is 1.97. The molecular formula is C8H8F3NO3S. The molecule has 16 heavy (non-hydrogen) atoms. The number of aryl methyl sites for hydroxylation is 2. The lowest BCUT2D eigenvalue weighted by molar-refractivity contribution is -0.0500. The van der Waals surface area contributed by atoms with E-state index < -0.39 is 21.4 Å². The Hall–Kier alpha value is -1.31. The molecule has 0 bridgehead atoms. The zero-order valence-corrected chi connectivity index (χ0v) is 9.19. The van der Waals surface area contributed by atoms with E-state index in [-0.39, 0.29) is 0 Å². The van der Waals surface area contributed by atoms with E-state index in [1.165, 1.54) is 13.8 Å². The van der Waals surface area contributed by atoms with Crippen LogP contribution in [-0.4, -0.2) is 18.9 Å². The van der Waals surface area contributed by atoms with E-state index in [9.17, 15) is 21.6 Å². The predicted octanol–water partition coefficient (Wildman–Crippen LogP) is 1.93. The summed E-state index contributed by atoms with van der Waals surface area (Å²) < 4.78 is 61.3. The number of alkyl halides is 3. The molecule has 0 radical (unpaired) electrons. The van der Waals surface area contributed by atoms with Crippen molar-refractivity contribution in [2.24, 2.45) is 0 Å². The quantitative estimate of drug-likeness (QED) is 0.598. The Balaban J connectivity index is 3.07. The van der Waals surface area contributed by atoms with Gasteiger partial charge in [-0.2, -0.15) is 21.6 Å². The van der Waals surface area contributed by atoms with Gasteiger partial charge in [-0.25, -0.2) is 0 Å².